The van der Waals surface area contributed by atoms with Gasteiger partial charge in [0.25, 0.3) is 5.91 Å². The van der Waals surface area contributed by atoms with Crippen molar-refractivity contribution < 1.29 is 13.9 Å². The smallest absolute Gasteiger partial charge is 0.264 e. The molecule has 0 spiro atoms. The highest BCUT2D eigenvalue weighted by Gasteiger charge is 2.23. The summed E-state index contributed by atoms with van der Waals surface area (Å²) >= 11 is 1.25. The maximum absolute atomic E-state index is 12.9. The first-order chi connectivity index (χ1) is 11.6. The first-order valence-corrected chi connectivity index (χ1v) is 8.24. The van der Waals surface area contributed by atoms with E-state index in [1.54, 1.807) is 18.2 Å². The molecule has 1 amide bonds. The molecule has 122 valence electrons. The Labute approximate surface area is 143 Å². The summed E-state index contributed by atoms with van der Waals surface area (Å²) in [6.45, 7) is 2.51. The fraction of sp³-hybridized carbons (Fsp3) is 0.111. The number of amidine groups is 1. The van der Waals surface area contributed by atoms with E-state index in [9.17, 15) is 9.18 Å². The van der Waals surface area contributed by atoms with E-state index in [0.717, 1.165) is 11.3 Å². The number of carbonyl (C=O) groups excluding carboxylic acids is 1. The number of rotatable bonds is 4. The molecule has 0 radical (unpaired) electrons. The molecule has 0 atom stereocenters. The van der Waals surface area contributed by atoms with Crippen LogP contribution in [0.1, 0.15) is 12.5 Å². The Morgan fingerprint density at radius 1 is 1.25 bits per heavy atom. The molecule has 0 bridgehead atoms. The first kappa shape index (κ1) is 16.3. The van der Waals surface area contributed by atoms with E-state index in [0.29, 0.717) is 22.4 Å². The highest BCUT2D eigenvalue weighted by Crippen LogP contribution is 2.28. The summed E-state index contributed by atoms with van der Waals surface area (Å²) in [5, 5.41) is 3.18. The Bertz CT molecular complexity index is 816. The van der Waals surface area contributed by atoms with Gasteiger partial charge >= 0.3 is 0 Å². The molecule has 1 aliphatic rings. The highest BCUT2D eigenvalue weighted by atomic mass is 32.2. The van der Waals surface area contributed by atoms with Crippen LogP contribution in [-0.4, -0.2) is 17.7 Å². The Balaban J connectivity index is 1.79. The molecule has 1 N–H and O–H groups in total. The number of ether oxygens (including phenoxy) is 1. The zero-order valence-electron chi connectivity index (χ0n) is 13.0. The molecule has 1 saturated heterocycles. The second-order valence-corrected chi connectivity index (χ2v) is 5.99. The van der Waals surface area contributed by atoms with Crippen molar-refractivity contribution in [2.45, 2.75) is 6.92 Å². The van der Waals surface area contributed by atoms with E-state index < -0.39 is 0 Å². The number of benzene rings is 2. The van der Waals surface area contributed by atoms with Crippen LogP contribution >= 0.6 is 11.8 Å². The van der Waals surface area contributed by atoms with Crippen molar-refractivity contribution in [2.24, 2.45) is 4.99 Å². The maximum Gasteiger partial charge on any atom is 0.264 e. The predicted molar refractivity (Wildman–Crippen MR) is 94.8 cm³/mol. The van der Waals surface area contributed by atoms with Crippen LogP contribution in [0.2, 0.25) is 0 Å². The van der Waals surface area contributed by atoms with Gasteiger partial charge in [-0.2, -0.15) is 0 Å². The molecule has 2 aromatic carbocycles. The molecular formula is C18H15FN2O2S. The van der Waals surface area contributed by atoms with E-state index in [1.165, 1.54) is 23.9 Å². The molecule has 1 heterocycles. The van der Waals surface area contributed by atoms with Crippen molar-refractivity contribution in [3.8, 4) is 5.75 Å². The van der Waals surface area contributed by atoms with Crippen molar-refractivity contribution in [1.29, 1.82) is 0 Å². The van der Waals surface area contributed by atoms with Gasteiger partial charge in [0, 0.05) is 0 Å². The number of hydrogen-bond acceptors (Lipinski definition) is 4. The average molecular weight is 342 g/mol. The van der Waals surface area contributed by atoms with Gasteiger partial charge < -0.3 is 10.1 Å². The largest absolute Gasteiger partial charge is 0.494 e. The van der Waals surface area contributed by atoms with Gasteiger partial charge in [-0.1, -0.05) is 12.1 Å². The second kappa shape index (κ2) is 7.31. The number of hydrogen-bond donors (Lipinski definition) is 1. The Hall–Kier alpha value is -2.60. The molecule has 0 aromatic heterocycles. The minimum Gasteiger partial charge on any atom is -0.494 e. The molecule has 4 nitrogen and oxygen atoms in total. The quantitative estimate of drug-likeness (QED) is 0.851. The lowest BCUT2D eigenvalue weighted by molar-refractivity contribution is -0.115. The van der Waals surface area contributed by atoms with Crippen molar-refractivity contribution in [3.63, 3.8) is 0 Å². The summed E-state index contributed by atoms with van der Waals surface area (Å²) in [4.78, 5) is 16.9. The van der Waals surface area contributed by atoms with Crippen LogP contribution < -0.4 is 10.1 Å². The summed E-state index contributed by atoms with van der Waals surface area (Å²) in [6, 6.07) is 13.3. The van der Waals surface area contributed by atoms with Gasteiger partial charge in [0.1, 0.15) is 11.6 Å². The number of thioether (sulfide) groups is 1. The maximum atomic E-state index is 12.9. The molecule has 0 unspecified atom stereocenters. The van der Waals surface area contributed by atoms with Crippen molar-refractivity contribution in [2.75, 3.05) is 6.61 Å². The number of nitrogens with one attached hydrogen (secondary N) is 1. The van der Waals surface area contributed by atoms with Crippen LogP contribution in [0.25, 0.3) is 6.08 Å². The summed E-state index contributed by atoms with van der Waals surface area (Å²) in [5.41, 5.74) is 1.46. The summed E-state index contributed by atoms with van der Waals surface area (Å²) in [5.74, 6) is 0.231. The Kier molecular flexibility index (Phi) is 4.96. The van der Waals surface area contributed by atoms with Gasteiger partial charge in [-0.15, -0.1) is 0 Å². The molecule has 3 rings (SSSR count). The number of carbonyl (C=O) groups is 1. The Morgan fingerprint density at radius 2 is 2.04 bits per heavy atom. The van der Waals surface area contributed by atoms with Gasteiger partial charge in [0.2, 0.25) is 0 Å². The number of aliphatic imine (C=N–C) groups is 1. The third kappa shape index (κ3) is 4.02. The normalized spacial score (nSPS) is 17.3. The molecule has 0 saturated carbocycles. The zero-order chi connectivity index (χ0) is 16.9. The lowest BCUT2D eigenvalue weighted by Crippen LogP contribution is -2.19. The fourth-order valence-electron chi connectivity index (χ4n) is 2.13. The fourth-order valence-corrected chi connectivity index (χ4v) is 2.97. The van der Waals surface area contributed by atoms with Crippen molar-refractivity contribution >= 4 is 34.6 Å². The first-order valence-electron chi connectivity index (χ1n) is 7.42. The zero-order valence-corrected chi connectivity index (χ0v) is 13.8. The molecule has 1 fully saturated rings. The van der Waals surface area contributed by atoms with E-state index >= 15 is 0 Å². The van der Waals surface area contributed by atoms with Crippen LogP contribution in [-0.2, 0) is 4.79 Å². The summed E-state index contributed by atoms with van der Waals surface area (Å²) in [6.07, 6.45) is 1.79. The number of halogens is 1. The van der Waals surface area contributed by atoms with Crippen LogP contribution in [0.3, 0.4) is 0 Å². The minimum absolute atomic E-state index is 0.206. The lowest BCUT2D eigenvalue weighted by Gasteiger charge is -2.03. The lowest BCUT2D eigenvalue weighted by atomic mass is 10.2. The van der Waals surface area contributed by atoms with E-state index in [4.69, 9.17) is 4.74 Å². The topological polar surface area (TPSA) is 50.7 Å². The molecular weight excluding hydrogens is 327 g/mol. The minimum atomic E-state index is -0.322. The average Bonchev–Trinajstić information content (AvgIpc) is 2.90. The number of nitrogens with zero attached hydrogens (tertiary/aromatic N) is 1. The Morgan fingerprint density at radius 3 is 2.79 bits per heavy atom. The third-order valence-electron chi connectivity index (χ3n) is 3.18. The van der Waals surface area contributed by atoms with Crippen molar-refractivity contribution in [1.82, 2.24) is 5.32 Å². The van der Waals surface area contributed by atoms with Gasteiger partial charge in [-0.25, -0.2) is 9.38 Å². The molecule has 24 heavy (non-hydrogen) atoms. The van der Waals surface area contributed by atoms with Gasteiger partial charge in [-0.3, -0.25) is 4.79 Å². The van der Waals surface area contributed by atoms with Crippen LogP contribution in [0, 0.1) is 5.82 Å². The van der Waals surface area contributed by atoms with E-state index in [1.807, 2.05) is 31.2 Å². The van der Waals surface area contributed by atoms with E-state index in [2.05, 4.69) is 10.3 Å². The predicted octanol–water partition coefficient (Wildman–Crippen LogP) is 4.12. The van der Waals surface area contributed by atoms with Crippen LogP contribution in [0.15, 0.2) is 58.4 Å². The van der Waals surface area contributed by atoms with Crippen LogP contribution in [0.5, 0.6) is 5.75 Å². The second-order valence-electron chi connectivity index (χ2n) is 4.96. The van der Waals surface area contributed by atoms with Gasteiger partial charge in [0.05, 0.1) is 17.2 Å². The van der Waals surface area contributed by atoms with Crippen LogP contribution in [0.4, 0.5) is 10.1 Å². The molecule has 1 aliphatic heterocycles. The molecule has 6 heteroatoms. The highest BCUT2D eigenvalue weighted by molar-refractivity contribution is 8.18. The van der Waals surface area contributed by atoms with Gasteiger partial charge in [0.15, 0.2) is 5.17 Å². The summed E-state index contributed by atoms with van der Waals surface area (Å²) < 4.78 is 18.4. The monoisotopic (exact) mass is 342 g/mol. The third-order valence-corrected chi connectivity index (χ3v) is 4.08. The molecule has 2 aromatic rings. The SMILES string of the molecule is CCOc1cccc(/C=C2\SC(=Nc3ccc(F)cc3)NC2=O)c1. The standard InChI is InChI=1S/C18H15FN2O2S/c1-2-23-15-5-3-4-12(10-15)11-16-17(22)21-18(24-16)20-14-8-6-13(19)7-9-14/h3-11H,2H2,1H3,(H,20,21,22)/b16-11-. The van der Waals surface area contributed by atoms with Crippen molar-refractivity contribution in [3.05, 3.63) is 64.8 Å². The summed E-state index contributed by atoms with van der Waals surface area (Å²) in [7, 11) is 0. The number of amides is 1. The van der Waals surface area contributed by atoms with Gasteiger partial charge in [-0.05, 0) is 66.7 Å². The molecule has 0 aliphatic carbocycles. The van der Waals surface area contributed by atoms with E-state index in [-0.39, 0.29) is 11.7 Å².